The zero-order chi connectivity index (χ0) is 12.3. The first-order chi connectivity index (χ1) is 8.15. The first-order valence-corrected chi connectivity index (χ1v) is 5.81. The summed E-state index contributed by atoms with van der Waals surface area (Å²) in [5, 5.41) is 2.68. The van der Waals surface area contributed by atoms with Crippen molar-refractivity contribution in [2.45, 2.75) is 6.92 Å². The second kappa shape index (κ2) is 5.05. The van der Waals surface area contributed by atoms with Gasteiger partial charge in [-0.05, 0) is 47.1 Å². The highest BCUT2D eigenvalue weighted by Crippen LogP contribution is 2.11. The van der Waals surface area contributed by atoms with E-state index >= 15 is 0 Å². The molecule has 0 aromatic carbocycles. The number of pyridine rings is 2. The molecule has 17 heavy (non-hydrogen) atoms. The van der Waals surface area contributed by atoms with Gasteiger partial charge >= 0.3 is 0 Å². The van der Waals surface area contributed by atoms with Crippen LogP contribution in [0.1, 0.15) is 16.2 Å². The molecular weight excluding hydrogens is 282 g/mol. The van der Waals surface area contributed by atoms with E-state index in [-0.39, 0.29) is 5.91 Å². The molecule has 0 saturated carbocycles. The van der Waals surface area contributed by atoms with Crippen molar-refractivity contribution in [3.05, 3.63) is 52.4 Å². The lowest BCUT2D eigenvalue weighted by atomic mass is 10.3. The van der Waals surface area contributed by atoms with E-state index in [1.165, 1.54) is 0 Å². The van der Waals surface area contributed by atoms with Crippen molar-refractivity contribution in [3.8, 4) is 0 Å². The lowest BCUT2D eigenvalue weighted by Crippen LogP contribution is -2.14. The number of amides is 1. The van der Waals surface area contributed by atoms with Crippen LogP contribution in [-0.2, 0) is 0 Å². The number of carbonyl (C=O) groups is 1. The molecule has 0 radical (unpaired) electrons. The van der Waals surface area contributed by atoms with Gasteiger partial charge in [-0.3, -0.25) is 4.79 Å². The van der Waals surface area contributed by atoms with Crippen molar-refractivity contribution in [1.82, 2.24) is 9.97 Å². The van der Waals surface area contributed by atoms with Gasteiger partial charge in [-0.15, -0.1) is 0 Å². The molecule has 5 heteroatoms. The lowest BCUT2D eigenvalue weighted by molar-refractivity contribution is 0.102. The number of hydrogen-bond donors (Lipinski definition) is 1. The summed E-state index contributed by atoms with van der Waals surface area (Å²) in [5.74, 6) is 0.241. The monoisotopic (exact) mass is 291 g/mol. The first kappa shape index (κ1) is 11.7. The predicted molar refractivity (Wildman–Crippen MR) is 68.9 cm³/mol. The average molecular weight is 292 g/mol. The standard InChI is InChI=1S/C12H10BrN3O/c1-8-3-2-4-10(15-8)12(17)16-11-6-5-9(13)7-14-11/h2-7H,1H3,(H,14,16,17). The number of aromatic nitrogens is 2. The highest BCUT2D eigenvalue weighted by atomic mass is 79.9. The van der Waals surface area contributed by atoms with Crippen LogP contribution in [0.2, 0.25) is 0 Å². The van der Waals surface area contributed by atoms with E-state index in [1.54, 1.807) is 24.4 Å². The quantitative estimate of drug-likeness (QED) is 0.926. The molecule has 0 saturated heterocycles. The van der Waals surface area contributed by atoms with E-state index in [0.29, 0.717) is 11.5 Å². The van der Waals surface area contributed by atoms with Gasteiger partial charge in [-0.25, -0.2) is 9.97 Å². The molecule has 2 rings (SSSR count). The summed E-state index contributed by atoms with van der Waals surface area (Å²) in [6.07, 6.45) is 1.62. The molecule has 1 amide bonds. The van der Waals surface area contributed by atoms with E-state index in [0.717, 1.165) is 10.2 Å². The minimum absolute atomic E-state index is 0.261. The van der Waals surface area contributed by atoms with Crippen molar-refractivity contribution in [2.24, 2.45) is 0 Å². The smallest absolute Gasteiger partial charge is 0.275 e. The molecule has 0 aliphatic heterocycles. The molecule has 0 aliphatic rings. The van der Waals surface area contributed by atoms with Gasteiger partial charge in [0.05, 0.1) is 0 Å². The molecular formula is C12H10BrN3O. The topological polar surface area (TPSA) is 54.9 Å². The molecule has 0 atom stereocenters. The molecule has 0 unspecified atom stereocenters. The largest absolute Gasteiger partial charge is 0.305 e. The Morgan fingerprint density at radius 2 is 2.12 bits per heavy atom. The van der Waals surface area contributed by atoms with Crippen molar-refractivity contribution in [2.75, 3.05) is 5.32 Å². The van der Waals surface area contributed by atoms with Crippen LogP contribution in [0.15, 0.2) is 41.0 Å². The Labute approximate surface area is 107 Å². The lowest BCUT2D eigenvalue weighted by Gasteiger charge is -2.04. The number of nitrogens with one attached hydrogen (secondary N) is 1. The van der Waals surface area contributed by atoms with Gasteiger partial charge in [-0.2, -0.15) is 0 Å². The van der Waals surface area contributed by atoms with Crippen LogP contribution in [0.5, 0.6) is 0 Å². The zero-order valence-corrected chi connectivity index (χ0v) is 10.7. The summed E-state index contributed by atoms with van der Waals surface area (Å²) >= 11 is 3.28. The van der Waals surface area contributed by atoms with Crippen LogP contribution in [0, 0.1) is 6.92 Å². The molecule has 0 spiro atoms. The second-order valence-corrected chi connectivity index (χ2v) is 4.40. The van der Waals surface area contributed by atoms with E-state index < -0.39 is 0 Å². The SMILES string of the molecule is Cc1cccc(C(=O)Nc2ccc(Br)cn2)n1. The summed E-state index contributed by atoms with van der Waals surface area (Å²) < 4.78 is 0.865. The van der Waals surface area contributed by atoms with Crippen LogP contribution in [0.25, 0.3) is 0 Å². The average Bonchev–Trinajstić information content (AvgIpc) is 2.32. The molecule has 0 aliphatic carbocycles. The summed E-state index contributed by atoms with van der Waals surface area (Å²) in [5.41, 5.74) is 1.19. The van der Waals surface area contributed by atoms with Crippen LogP contribution < -0.4 is 5.32 Å². The second-order valence-electron chi connectivity index (χ2n) is 3.48. The Balaban J connectivity index is 2.14. The van der Waals surface area contributed by atoms with E-state index in [4.69, 9.17) is 0 Å². The number of aryl methyl sites for hydroxylation is 1. The Morgan fingerprint density at radius 1 is 1.29 bits per heavy atom. The normalized spacial score (nSPS) is 10.0. The fourth-order valence-electron chi connectivity index (χ4n) is 1.30. The maximum Gasteiger partial charge on any atom is 0.275 e. The molecule has 2 heterocycles. The molecule has 2 aromatic heterocycles. The fourth-order valence-corrected chi connectivity index (χ4v) is 1.53. The van der Waals surface area contributed by atoms with Crippen molar-refractivity contribution < 1.29 is 4.79 Å². The molecule has 2 aromatic rings. The first-order valence-electron chi connectivity index (χ1n) is 5.02. The number of hydrogen-bond acceptors (Lipinski definition) is 3. The molecule has 86 valence electrons. The van der Waals surface area contributed by atoms with Gasteiger partial charge in [0.25, 0.3) is 5.91 Å². The number of halogens is 1. The van der Waals surface area contributed by atoms with Gasteiger partial charge in [-0.1, -0.05) is 6.07 Å². The Hall–Kier alpha value is -1.75. The molecule has 4 nitrogen and oxygen atoms in total. The van der Waals surface area contributed by atoms with Crippen molar-refractivity contribution >= 4 is 27.7 Å². The summed E-state index contributed by atoms with van der Waals surface area (Å²) in [4.78, 5) is 20.0. The van der Waals surface area contributed by atoms with Gasteiger partial charge in [0.1, 0.15) is 11.5 Å². The van der Waals surface area contributed by atoms with Gasteiger partial charge in [0.15, 0.2) is 0 Å². The predicted octanol–water partition coefficient (Wildman–Crippen LogP) is 2.80. The van der Waals surface area contributed by atoms with Crippen LogP contribution in [-0.4, -0.2) is 15.9 Å². The zero-order valence-electron chi connectivity index (χ0n) is 9.14. The maximum atomic E-state index is 11.8. The van der Waals surface area contributed by atoms with E-state index in [9.17, 15) is 4.79 Å². The summed E-state index contributed by atoms with van der Waals surface area (Å²) in [7, 11) is 0. The minimum Gasteiger partial charge on any atom is -0.305 e. The Bertz CT molecular complexity index is 540. The number of anilines is 1. The fraction of sp³-hybridized carbons (Fsp3) is 0.0833. The third-order valence-corrected chi connectivity index (χ3v) is 2.56. The summed E-state index contributed by atoms with van der Waals surface area (Å²) in [6.45, 7) is 1.84. The van der Waals surface area contributed by atoms with E-state index in [2.05, 4.69) is 31.2 Å². The van der Waals surface area contributed by atoms with Gasteiger partial charge < -0.3 is 5.32 Å². The van der Waals surface area contributed by atoms with Crippen LogP contribution in [0.4, 0.5) is 5.82 Å². The minimum atomic E-state index is -0.261. The number of carbonyl (C=O) groups excluding carboxylic acids is 1. The van der Waals surface area contributed by atoms with Gasteiger partial charge in [0.2, 0.25) is 0 Å². The highest BCUT2D eigenvalue weighted by molar-refractivity contribution is 9.10. The van der Waals surface area contributed by atoms with Crippen molar-refractivity contribution in [3.63, 3.8) is 0 Å². The number of nitrogens with zero attached hydrogens (tertiary/aromatic N) is 2. The molecule has 0 fully saturated rings. The Morgan fingerprint density at radius 3 is 2.76 bits per heavy atom. The van der Waals surface area contributed by atoms with Gasteiger partial charge in [0, 0.05) is 16.4 Å². The maximum absolute atomic E-state index is 11.8. The third kappa shape index (κ3) is 3.10. The van der Waals surface area contributed by atoms with E-state index in [1.807, 2.05) is 19.1 Å². The third-order valence-electron chi connectivity index (χ3n) is 2.09. The molecule has 0 bridgehead atoms. The van der Waals surface area contributed by atoms with Crippen molar-refractivity contribution in [1.29, 1.82) is 0 Å². The van der Waals surface area contributed by atoms with Crippen LogP contribution >= 0.6 is 15.9 Å². The van der Waals surface area contributed by atoms with Crippen LogP contribution in [0.3, 0.4) is 0 Å². The molecule has 1 N–H and O–H groups in total. The Kier molecular flexibility index (Phi) is 3.49. The number of rotatable bonds is 2. The highest BCUT2D eigenvalue weighted by Gasteiger charge is 2.07. The summed E-state index contributed by atoms with van der Waals surface area (Å²) in [6, 6.07) is 8.84.